The highest BCUT2D eigenvalue weighted by Gasteiger charge is 1.95. The van der Waals surface area contributed by atoms with Gasteiger partial charge in [-0.15, -0.1) is 0 Å². The Hall–Kier alpha value is -1.30. The maximum Gasteiger partial charge on any atom is 0.0933 e. The van der Waals surface area contributed by atoms with Crippen LogP contribution in [0.4, 0.5) is 0 Å². The van der Waals surface area contributed by atoms with Crippen LogP contribution in [0.5, 0.6) is 0 Å². The molecule has 2 aromatic rings. The third kappa shape index (κ3) is 3.39. The molecule has 0 fully saturated rings. The van der Waals surface area contributed by atoms with Crippen molar-refractivity contribution < 1.29 is 4.84 Å². The van der Waals surface area contributed by atoms with Crippen molar-refractivity contribution in [2.24, 2.45) is 0 Å². The van der Waals surface area contributed by atoms with Gasteiger partial charge in [0, 0.05) is 0 Å². The fourth-order valence-corrected chi connectivity index (χ4v) is 1.53. The Bertz CT molecular complexity index is 377. The predicted octanol–water partition coefficient (Wildman–Crippen LogP) is 1.76. The molecule has 0 radical (unpaired) electrons. The van der Waals surface area contributed by atoms with Gasteiger partial charge in [0.05, 0.1) is 36.8 Å². The lowest BCUT2D eigenvalue weighted by Gasteiger charge is -2.03. The second-order valence-electron chi connectivity index (χ2n) is 2.99. The third-order valence-electron chi connectivity index (χ3n) is 1.84. The number of aromatic nitrogens is 2. The standard InChI is InChI=1S/C10H11N3OS/c1-2-4-9(5-3-1)8-14-11-6-10-7-12-15-13-10/h1-5,7,11H,6,8H2. The summed E-state index contributed by atoms with van der Waals surface area (Å²) in [5, 5.41) is 0. The second kappa shape index (κ2) is 5.55. The number of hydrogen-bond donors (Lipinski definition) is 1. The van der Waals surface area contributed by atoms with Crippen LogP contribution >= 0.6 is 11.7 Å². The van der Waals surface area contributed by atoms with E-state index in [2.05, 4.69) is 14.2 Å². The Morgan fingerprint density at radius 2 is 2.13 bits per heavy atom. The van der Waals surface area contributed by atoms with Gasteiger partial charge in [-0.1, -0.05) is 30.3 Å². The Kier molecular flexibility index (Phi) is 3.78. The molecule has 2 rings (SSSR count). The number of benzene rings is 1. The first-order valence-electron chi connectivity index (χ1n) is 4.60. The zero-order valence-corrected chi connectivity index (χ0v) is 8.91. The van der Waals surface area contributed by atoms with Crippen LogP contribution in [0.2, 0.25) is 0 Å². The van der Waals surface area contributed by atoms with Crippen molar-refractivity contribution in [3.05, 3.63) is 47.8 Å². The fraction of sp³-hybridized carbons (Fsp3) is 0.200. The van der Waals surface area contributed by atoms with Gasteiger partial charge in [-0.25, -0.2) is 0 Å². The molecule has 0 spiro atoms. The monoisotopic (exact) mass is 221 g/mol. The molecule has 1 heterocycles. The summed E-state index contributed by atoms with van der Waals surface area (Å²) in [5.74, 6) is 0. The summed E-state index contributed by atoms with van der Waals surface area (Å²) < 4.78 is 7.94. The number of rotatable bonds is 5. The summed E-state index contributed by atoms with van der Waals surface area (Å²) in [6.07, 6.45) is 1.73. The Morgan fingerprint density at radius 1 is 1.27 bits per heavy atom. The largest absolute Gasteiger partial charge is 0.297 e. The first kappa shape index (κ1) is 10.2. The lowest BCUT2D eigenvalue weighted by Crippen LogP contribution is -2.13. The van der Waals surface area contributed by atoms with Gasteiger partial charge in [0.2, 0.25) is 0 Å². The van der Waals surface area contributed by atoms with Crippen LogP contribution in [-0.4, -0.2) is 8.75 Å². The van der Waals surface area contributed by atoms with E-state index in [0.717, 1.165) is 11.3 Å². The van der Waals surface area contributed by atoms with Crippen LogP contribution in [-0.2, 0) is 18.0 Å². The van der Waals surface area contributed by atoms with Crippen molar-refractivity contribution >= 4 is 11.7 Å². The van der Waals surface area contributed by atoms with Gasteiger partial charge in [0.25, 0.3) is 0 Å². The summed E-state index contributed by atoms with van der Waals surface area (Å²) >= 11 is 1.20. The van der Waals surface area contributed by atoms with Crippen molar-refractivity contribution in [1.29, 1.82) is 0 Å². The number of nitrogens with one attached hydrogen (secondary N) is 1. The SMILES string of the molecule is c1ccc(CONCc2cnsn2)cc1. The van der Waals surface area contributed by atoms with E-state index in [4.69, 9.17) is 4.84 Å². The minimum atomic E-state index is 0.554. The summed E-state index contributed by atoms with van der Waals surface area (Å²) in [6.45, 7) is 1.14. The van der Waals surface area contributed by atoms with Gasteiger partial charge in [0.1, 0.15) is 0 Å². The molecule has 0 saturated heterocycles. The molecule has 0 bridgehead atoms. The number of hydroxylamine groups is 1. The van der Waals surface area contributed by atoms with Crippen LogP contribution in [0.25, 0.3) is 0 Å². The van der Waals surface area contributed by atoms with Crippen LogP contribution < -0.4 is 5.48 Å². The van der Waals surface area contributed by atoms with E-state index >= 15 is 0 Å². The zero-order valence-electron chi connectivity index (χ0n) is 8.09. The molecule has 0 amide bonds. The fourth-order valence-electron chi connectivity index (χ4n) is 1.10. The molecule has 0 saturated carbocycles. The van der Waals surface area contributed by atoms with E-state index in [1.165, 1.54) is 11.7 Å². The van der Waals surface area contributed by atoms with E-state index < -0.39 is 0 Å². The van der Waals surface area contributed by atoms with Crippen LogP contribution in [0, 0.1) is 0 Å². The van der Waals surface area contributed by atoms with E-state index in [-0.39, 0.29) is 0 Å². The summed E-state index contributed by atoms with van der Waals surface area (Å²) in [4.78, 5) is 5.28. The minimum absolute atomic E-state index is 0.554. The second-order valence-corrected chi connectivity index (χ2v) is 3.55. The molecule has 5 heteroatoms. The molecule has 0 unspecified atom stereocenters. The minimum Gasteiger partial charge on any atom is -0.297 e. The van der Waals surface area contributed by atoms with E-state index in [9.17, 15) is 0 Å². The van der Waals surface area contributed by atoms with Crippen molar-refractivity contribution in [3.63, 3.8) is 0 Å². The van der Waals surface area contributed by atoms with Gasteiger partial charge in [0.15, 0.2) is 0 Å². The Labute approximate surface area is 92.2 Å². The van der Waals surface area contributed by atoms with Crippen molar-refractivity contribution in [2.75, 3.05) is 0 Å². The number of hydrogen-bond acceptors (Lipinski definition) is 5. The van der Waals surface area contributed by atoms with E-state index in [1.54, 1.807) is 6.20 Å². The molecule has 0 atom stereocenters. The van der Waals surface area contributed by atoms with Crippen LogP contribution in [0.3, 0.4) is 0 Å². The van der Waals surface area contributed by atoms with E-state index in [1.807, 2.05) is 30.3 Å². The normalized spacial score (nSPS) is 10.4. The van der Waals surface area contributed by atoms with Crippen LogP contribution in [0.15, 0.2) is 36.5 Å². The molecular formula is C10H11N3OS. The van der Waals surface area contributed by atoms with Gasteiger partial charge in [-0.05, 0) is 5.56 Å². The van der Waals surface area contributed by atoms with Gasteiger partial charge in [-0.2, -0.15) is 14.2 Å². The molecule has 0 aliphatic rings. The maximum atomic E-state index is 5.28. The molecule has 4 nitrogen and oxygen atoms in total. The molecule has 15 heavy (non-hydrogen) atoms. The summed E-state index contributed by atoms with van der Waals surface area (Å²) in [5.41, 5.74) is 4.88. The zero-order chi connectivity index (χ0) is 10.3. The third-order valence-corrected chi connectivity index (χ3v) is 2.36. The number of nitrogens with zero attached hydrogens (tertiary/aromatic N) is 2. The van der Waals surface area contributed by atoms with Crippen molar-refractivity contribution in [1.82, 2.24) is 14.2 Å². The average Bonchev–Trinajstić information content (AvgIpc) is 2.79. The lowest BCUT2D eigenvalue weighted by molar-refractivity contribution is 0.0230. The quantitative estimate of drug-likeness (QED) is 0.617. The molecule has 1 aromatic heterocycles. The van der Waals surface area contributed by atoms with E-state index in [0.29, 0.717) is 13.2 Å². The van der Waals surface area contributed by atoms with Gasteiger partial charge < -0.3 is 0 Å². The Morgan fingerprint density at radius 3 is 2.87 bits per heavy atom. The summed E-state index contributed by atoms with van der Waals surface area (Å²) in [6, 6.07) is 10.0. The highest BCUT2D eigenvalue weighted by molar-refractivity contribution is 6.99. The molecule has 1 aromatic carbocycles. The highest BCUT2D eigenvalue weighted by Crippen LogP contribution is 1.99. The molecular weight excluding hydrogens is 210 g/mol. The van der Waals surface area contributed by atoms with Crippen LogP contribution in [0.1, 0.15) is 11.3 Å². The first-order valence-corrected chi connectivity index (χ1v) is 5.33. The van der Waals surface area contributed by atoms with Gasteiger partial charge >= 0.3 is 0 Å². The predicted molar refractivity (Wildman–Crippen MR) is 58.0 cm³/mol. The first-order chi connectivity index (χ1) is 7.45. The molecule has 0 aliphatic heterocycles. The highest BCUT2D eigenvalue weighted by atomic mass is 32.1. The Balaban J connectivity index is 1.68. The lowest BCUT2D eigenvalue weighted by atomic mass is 10.2. The molecule has 1 N–H and O–H groups in total. The average molecular weight is 221 g/mol. The van der Waals surface area contributed by atoms with Crippen molar-refractivity contribution in [3.8, 4) is 0 Å². The van der Waals surface area contributed by atoms with Crippen molar-refractivity contribution in [2.45, 2.75) is 13.2 Å². The molecule has 0 aliphatic carbocycles. The maximum absolute atomic E-state index is 5.28. The molecule has 78 valence electrons. The summed E-state index contributed by atoms with van der Waals surface area (Å²) in [7, 11) is 0. The smallest absolute Gasteiger partial charge is 0.0933 e. The van der Waals surface area contributed by atoms with Gasteiger partial charge in [-0.3, -0.25) is 4.84 Å². The topological polar surface area (TPSA) is 47.0 Å².